The van der Waals surface area contributed by atoms with Gasteiger partial charge < -0.3 is 5.11 Å². The summed E-state index contributed by atoms with van der Waals surface area (Å²) in [5.74, 6) is -2.56. The van der Waals surface area contributed by atoms with Gasteiger partial charge in [-0.25, -0.2) is 21.6 Å². The first kappa shape index (κ1) is 17.6. The molecule has 0 aliphatic carbocycles. The van der Waals surface area contributed by atoms with Crippen LogP contribution in [0.1, 0.15) is 31.1 Å². The van der Waals surface area contributed by atoms with Crippen molar-refractivity contribution in [3.05, 3.63) is 29.8 Å². The van der Waals surface area contributed by atoms with Gasteiger partial charge in [-0.05, 0) is 32.9 Å². The van der Waals surface area contributed by atoms with E-state index in [2.05, 4.69) is 0 Å². The van der Waals surface area contributed by atoms with Crippen LogP contribution in [0.15, 0.2) is 29.2 Å². The van der Waals surface area contributed by atoms with E-state index in [0.717, 1.165) is 0 Å². The van der Waals surface area contributed by atoms with Crippen molar-refractivity contribution >= 4 is 25.6 Å². The molecule has 0 fully saturated rings. The standard InChI is InChI=1S/C13H18O6S2/c1-13(2,3)21(18,19)9-8-20(16,17)11-7-5-4-6-10(11)12(14)15/h4-7H,8-9H2,1-3H3,(H,14,15). The molecule has 0 saturated heterocycles. The topological polar surface area (TPSA) is 106 Å². The van der Waals surface area contributed by atoms with Crippen molar-refractivity contribution in [3.63, 3.8) is 0 Å². The summed E-state index contributed by atoms with van der Waals surface area (Å²) < 4.78 is 47.3. The van der Waals surface area contributed by atoms with Gasteiger partial charge in [-0.15, -0.1) is 0 Å². The molecule has 0 unspecified atom stereocenters. The van der Waals surface area contributed by atoms with E-state index in [4.69, 9.17) is 5.11 Å². The molecule has 0 spiro atoms. The number of rotatable bonds is 5. The Kier molecular flexibility index (Phi) is 4.84. The highest BCUT2D eigenvalue weighted by Crippen LogP contribution is 2.20. The van der Waals surface area contributed by atoms with E-state index in [0.29, 0.717) is 0 Å². The van der Waals surface area contributed by atoms with Crippen molar-refractivity contribution < 1.29 is 26.7 Å². The van der Waals surface area contributed by atoms with Crippen LogP contribution in [0.25, 0.3) is 0 Å². The molecule has 0 aromatic heterocycles. The van der Waals surface area contributed by atoms with Crippen molar-refractivity contribution in [2.75, 3.05) is 11.5 Å². The van der Waals surface area contributed by atoms with Crippen molar-refractivity contribution in [1.29, 1.82) is 0 Å². The molecule has 0 amide bonds. The summed E-state index contributed by atoms with van der Waals surface area (Å²) in [6.07, 6.45) is 0. The summed E-state index contributed by atoms with van der Waals surface area (Å²) in [5.41, 5.74) is -0.356. The lowest BCUT2D eigenvalue weighted by Crippen LogP contribution is -2.33. The molecule has 1 aromatic carbocycles. The average Bonchev–Trinajstić information content (AvgIpc) is 2.35. The van der Waals surface area contributed by atoms with Gasteiger partial charge in [-0.3, -0.25) is 0 Å². The first-order valence-corrected chi connectivity index (χ1v) is 9.46. The molecule has 8 heteroatoms. The molecule has 118 valence electrons. The third-order valence-electron chi connectivity index (χ3n) is 3.01. The summed E-state index contributed by atoms with van der Waals surface area (Å²) in [6.45, 7) is 4.46. The van der Waals surface area contributed by atoms with E-state index in [1.54, 1.807) is 0 Å². The first-order chi connectivity index (χ1) is 9.38. The monoisotopic (exact) mass is 334 g/mol. The maximum Gasteiger partial charge on any atom is 0.337 e. The lowest BCUT2D eigenvalue weighted by atomic mass is 10.2. The van der Waals surface area contributed by atoms with Crippen LogP contribution in [-0.2, 0) is 19.7 Å². The largest absolute Gasteiger partial charge is 0.478 e. The molecule has 0 radical (unpaired) electrons. The zero-order valence-electron chi connectivity index (χ0n) is 12.0. The minimum absolute atomic E-state index is 0.356. The van der Waals surface area contributed by atoms with Crippen molar-refractivity contribution in [2.45, 2.75) is 30.4 Å². The Morgan fingerprint density at radius 1 is 1.05 bits per heavy atom. The number of carbonyl (C=O) groups is 1. The Balaban J connectivity index is 3.13. The Morgan fingerprint density at radius 3 is 2.05 bits per heavy atom. The van der Waals surface area contributed by atoms with Gasteiger partial charge in [0.15, 0.2) is 19.7 Å². The molecule has 1 N–H and O–H groups in total. The molecule has 1 aromatic rings. The molecule has 0 saturated carbocycles. The van der Waals surface area contributed by atoms with Gasteiger partial charge in [0.1, 0.15) is 0 Å². The fraction of sp³-hybridized carbons (Fsp3) is 0.462. The van der Waals surface area contributed by atoms with Gasteiger partial charge >= 0.3 is 5.97 Å². The molecule has 6 nitrogen and oxygen atoms in total. The highest BCUT2D eigenvalue weighted by molar-refractivity contribution is 7.95. The maximum absolute atomic E-state index is 12.2. The van der Waals surface area contributed by atoms with Crippen LogP contribution in [0.5, 0.6) is 0 Å². The lowest BCUT2D eigenvalue weighted by molar-refractivity contribution is 0.0692. The zero-order chi connectivity index (χ0) is 16.5. The predicted octanol–water partition coefficient (Wildman–Crippen LogP) is 1.37. The van der Waals surface area contributed by atoms with E-state index in [1.807, 2.05) is 0 Å². The number of hydrogen-bond acceptors (Lipinski definition) is 5. The fourth-order valence-electron chi connectivity index (χ4n) is 1.55. The first-order valence-electron chi connectivity index (χ1n) is 6.16. The van der Waals surface area contributed by atoms with E-state index in [1.165, 1.54) is 45.0 Å². The highest BCUT2D eigenvalue weighted by atomic mass is 32.2. The van der Waals surface area contributed by atoms with Crippen LogP contribution in [0.4, 0.5) is 0 Å². The second-order valence-corrected chi connectivity index (χ2v) is 10.5. The van der Waals surface area contributed by atoms with Crippen molar-refractivity contribution in [3.8, 4) is 0 Å². The number of sulfone groups is 2. The summed E-state index contributed by atoms with van der Waals surface area (Å²) in [4.78, 5) is 10.7. The molecule has 21 heavy (non-hydrogen) atoms. The number of aromatic carboxylic acids is 1. The van der Waals surface area contributed by atoms with E-state index < -0.39 is 41.9 Å². The van der Waals surface area contributed by atoms with Crippen LogP contribution >= 0.6 is 0 Å². The third kappa shape index (κ3) is 4.04. The molecule has 0 atom stereocenters. The van der Waals surface area contributed by atoms with E-state index in [9.17, 15) is 21.6 Å². The van der Waals surface area contributed by atoms with Crippen molar-refractivity contribution in [1.82, 2.24) is 0 Å². The number of carboxylic acids is 1. The fourth-order valence-corrected chi connectivity index (χ4v) is 4.91. The molecule has 0 aliphatic heterocycles. The zero-order valence-corrected chi connectivity index (χ0v) is 13.7. The lowest BCUT2D eigenvalue weighted by Gasteiger charge is -2.19. The van der Waals surface area contributed by atoms with Gasteiger partial charge in [0.25, 0.3) is 0 Å². The molecule has 0 bridgehead atoms. The Morgan fingerprint density at radius 2 is 1.57 bits per heavy atom. The Labute approximate surface area is 124 Å². The minimum atomic E-state index is -3.99. The summed E-state index contributed by atoms with van der Waals surface area (Å²) in [7, 11) is -7.59. The smallest absolute Gasteiger partial charge is 0.337 e. The van der Waals surface area contributed by atoms with Gasteiger partial charge in [0.05, 0.1) is 26.7 Å². The molecule has 0 heterocycles. The van der Waals surface area contributed by atoms with Crippen LogP contribution in [0, 0.1) is 0 Å². The summed E-state index contributed by atoms with van der Waals surface area (Å²) >= 11 is 0. The predicted molar refractivity (Wildman–Crippen MR) is 79.0 cm³/mol. The SMILES string of the molecule is CC(C)(C)S(=O)(=O)CCS(=O)(=O)c1ccccc1C(=O)O. The summed E-state index contributed by atoms with van der Waals surface area (Å²) in [6, 6.07) is 5.15. The number of benzene rings is 1. The second-order valence-electron chi connectivity index (χ2n) is 5.55. The van der Waals surface area contributed by atoms with Crippen LogP contribution in [0.3, 0.4) is 0 Å². The highest BCUT2D eigenvalue weighted by Gasteiger charge is 2.31. The summed E-state index contributed by atoms with van der Waals surface area (Å²) in [5, 5.41) is 9.00. The number of hydrogen-bond donors (Lipinski definition) is 1. The minimum Gasteiger partial charge on any atom is -0.478 e. The molecule has 1 rings (SSSR count). The Hall–Kier alpha value is -1.41. The van der Waals surface area contributed by atoms with Gasteiger partial charge in [-0.2, -0.15) is 0 Å². The van der Waals surface area contributed by atoms with Crippen LogP contribution in [0.2, 0.25) is 0 Å². The molecule has 0 aliphatic rings. The van der Waals surface area contributed by atoms with Crippen LogP contribution in [-0.4, -0.2) is 44.2 Å². The maximum atomic E-state index is 12.2. The average molecular weight is 334 g/mol. The van der Waals surface area contributed by atoms with E-state index >= 15 is 0 Å². The Bertz CT molecular complexity index is 739. The van der Waals surface area contributed by atoms with Crippen LogP contribution < -0.4 is 0 Å². The van der Waals surface area contributed by atoms with E-state index in [-0.39, 0.29) is 10.5 Å². The normalized spacial score (nSPS) is 13.1. The quantitative estimate of drug-likeness (QED) is 0.872. The van der Waals surface area contributed by atoms with Gasteiger partial charge in [-0.1, -0.05) is 12.1 Å². The number of carboxylic acid groups (broad SMARTS) is 1. The molecular weight excluding hydrogens is 316 g/mol. The van der Waals surface area contributed by atoms with Gasteiger partial charge in [0, 0.05) is 0 Å². The second kappa shape index (κ2) is 5.76. The van der Waals surface area contributed by atoms with Gasteiger partial charge in [0.2, 0.25) is 0 Å². The van der Waals surface area contributed by atoms with Crippen molar-refractivity contribution in [2.24, 2.45) is 0 Å². The third-order valence-corrected chi connectivity index (χ3v) is 7.64. The molecular formula is C13H18O6S2.